The van der Waals surface area contributed by atoms with Crippen molar-refractivity contribution in [1.82, 2.24) is 5.32 Å². The predicted molar refractivity (Wildman–Crippen MR) is 108 cm³/mol. The molecule has 0 aliphatic heterocycles. The Balaban J connectivity index is 1.73. The van der Waals surface area contributed by atoms with Crippen LogP contribution in [0.25, 0.3) is 0 Å². The van der Waals surface area contributed by atoms with Gasteiger partial charge >= 0.3 is 0 Å². The van der Waals surface area contributed by atoms with E-state index in [1.54, 1.807) is 0 Å². The number of hydrogen-bond acceptors (Lipinski definition) is 5. The Bertz CT molecular complexity index is 961. The highest BCUT2D eigenvalue weighted by molar-refractivity contribution is 7.92. The van der Waals surface area contributed by atoms with Crippen molar-refractivity contribution in [2.45, 2.75) is 44.3 Å². The molecule has 2 aromatic carbocycles. The minimum Gasteiger partial charge on any atom is -0.451 e. The number of nitrogens with one attached hydrogen (secondary N) is 2. The number of hydrogen-bond donors (Lipinski definition) is 3. The predicted octanol–water partition coefficient (Wildman–Crippen LogP) is 3.49. The molecule has 158 valence electrons. The van der Waals surface area contributed by atoms with Crippen LogP contribution in [0.1, 0.15) is 31.2 Å². The third-order valence-electron chi connectivity index (χ3n) is 4.84. The number of anilines is 1. The summed E-state index contributed by atoms with van der Waals surface area (Å²) in [5.41, 5.74) is 6.43. The first-order chi connectivity index (χ1) is 13.7. The number of nitrogens with two attached hydrogens (primary N) is 1. The van der Waals surface area contributed by atoms with Crippen molar-refractivity contribution in [2.24, 2.45) is 5.73 Å². The zero-order chi connectivity index (χ0) is 21.0. The molecular weight excluding hydrogens is 400 g/mol. The van der Waals surface area contributed by atoms with E-state index in [1.807, 2.05) is 0 Å². The molecule has 1 aliphatic carbocycles. The van der Waals surface area contributed by atoms with Crippen LogP contribution in [0.5, 0.6) is 11.5 Å². The molecule has 4 N–H and O–H groups in total. The SMILES string of the molecule is CS(=O)(=O)Nc1cccc(Oc2c(F)ccc(CNC3CCC(N)CC3)c2F)c1. The minimum atomic E-state index is -3.48. The summed E-state index contributed by atoms with van der Waals surface area (Å²) < 4.78 is 59.5. The lowest BCUT2D eigenvalue weighted by Gasteiger charge is -2.27. The second kappa shape index (κ2) is 9.06. The van der Waals surface area contributed by atoms with Crippen LogP contribution in [0.15, 0.2) is 36.4 Å². The first-order valence-electron chi connectivity index (χ1n) is 9.43. The molecule has 0 heterocycles. The Hall–Kier alpha value is -2.23. The molecule has 2 aromatic rings. The standard InChI is InChI=1S/C20H25F2N3O3S/c1-29(26,27)25-16-3-2-4-17(11-16)28-20-18(21)10-5-13(19(20)22)12-24-15-8-6-14(23)7-9-15/h2-5,10-11,14-15,24-25H,6-9,12,23H2,1H3. The molecule has 0 atom stereocenters. The topological polar surface area (TPSA) is 93.5 Å². The van der Waals surface area contributed by atoms with Crippen molar-refractivity contribution in [3.05, 3.63) is 53.6 Å². The number of ether oxygens (including phenoxy) is 1. The molecule has 1 aliphatic rings. The first-order valence-corrected chi connectivity index (χ1v) is 11.3. The molecular formula is C20H25F2N3O3S. The monoisotopic (exact) mass is 425 g/mol. The molecule has 6 nitrogen and oxygen atoms in total. The summed E-state index contributed by atoms with van der Waals surface area (Å²) in [5.74, 6) is -2.03. The summed E-state index contributed by atoms with van der Waals surface area (Å²) >= 11 is 0. The Morgan fingerprint density at radius 1 is 1.14 bits per heavy atom. The normalized spacial score (nSPS) is 19.7. The lowest BCUT2D eigenvalue weighted by Crippen LogP contribution is -2.37. The smallest absolute Gasteiger partial charge is 0.229 e. The van der Waals surface area contributed by atoms with Gasteiger partial charge < -0.3 is 15.8 Å². The summed E-state index contributed by atoms with van der Waals surface area (Å²) in [5, 5.41) is 3.29. The van der Waals surface area contributed by atoms with E-state index in [1.165, 1.54) is 30.3 Å². The van der Waals surface area contributed by atoms with Gasteiger partial charge in [0.05, 0.1) is 11.9 Å². The van der Waals surface area contributed by atoms with Crippen LogP contribution in [-0.2, 0) is 16.6 Å². The zero-order valence-electron chi connectivity index (χ0n) is 16.1. The maximum atomic E-state index is 14.9. The first kappa shape index (κ1) is 21.5. The van der Waals surface area contributed by atoms with Gasteiger partial charge in [-0.2, -0.15) is 0 Å². The van der Waals surface area contributed by atoms with Crippen molar-refractivity contribution < 1.29 is 21.9 Å². The van der Waals surface area contributed by atoms with E-state index in [0.29, 0.717) is 5.56 Å². The molecule has 0 unspecified atom stereocenters. The Morgan fingerprint density at radius 3 is 2.55 bits per heavy atom. The average molecular weight is 426 g/mol. The lowest BCUT2D eigenvalue weighted by atomic mass is 9.92. The molecule has 1 saturated carbocycles. The van der Waals surface area contributed by atoms with E-state index in [2.05, 4.69) is 10.0 Å². The summed E-state index contributed by atoms with van der Waals surface area (Å²) in [6, 6.07) is 8.91. The molecule has 1 fully saturated rings. The van der Waals surface area contributed by atoms with Gasteiger partial charge in [0.15, 0.2) is 17.4 Å². The molecule has 0 radical (unpaired) electrons. The van der Waals surface area contributed by atoms with Gasteiger partial charge in [-0.05, 0) is 43.9 Å². The molecule has 3 rings (SSSR count). The van der Waals surface area contributed by atoms with Gasteiger partial charge in [-0.15, -0.1) is 0 Å². The van der Waals surface area contributed by atoms with Gasteiger partial charge in [0, 0.05) is 30.3 Å². The number of rotatable bonds is 7. The largest absolute Gasteiger partial charge is 0.451 e. The van der Waals surface area contributed by atoms with Crippen molar-refractivity contribution >= 4 is 15.7 Å². The highest BCUT2D eigenvalue weighted by Gasteiger charge is 2.20. The van der Waals surface area contributed by atoms with E-state index in [9.17, 15) is 17.2 Å². The fraction of sp³-hybridized carbons (Fsp3) is 0.400. The number of sulfonamides is 1. The van der Waals surface area contributed by atoms with Gasteiger partial charge in [-0.1, -0.05) is 12.1 Å². The molecule has 0 bridgehead atoms. The maximum Gasteiger partial charge on any atom is 0.229 e. The number of halogens is 2. The fourth-order valence-electron chi connectivity index (χ4n) is 3.34. The molecule has 29 heavy (non-hydrogen) atoms. The minimum absolute atomic E-state index is 0.114. The number of benzene rings is 2. The molecule has 0 saturated heterocycles. The van der Waals surface area contributed by atoms with Gasteiger partial charge in [-0.25, -0.2) is 17.2 Å². The van der Waals surface area contributed by atoms with Crippen LogP contribution >= 0.6 is 0 Å². The summed E-state index contributed by atoms with van der Waals surface area (Å²) in [4.78, 5) is 0. The molecule has 9 heteroatoms. The van der Waals surface area contributed by atoms with Gasteiger partial charge in [0.25, 0.3) is 0 Å². The lowest BCUT2D eigenvalue weighted by molar-refractivity contribution is 0.338. The Morgan fingerprint density at radius 2 is 1.86 bits per heavy atom. The Kier molecular flexibility index (Phi) is 6.71. The maximum absolute atomic E-state index is 14.9. The molecule has 0 spiro atoms. The third-order valence-corrected chi connectivity index (χ3v) is 5.45. The van der Waals surface area contributed by atoms with E-state index >= 15 is 0 Å². The van der Waals surface area contributed by atoms with Crippen LogP contribution < -0.4 is 20.5 Å². The van der Waals surface area contributed by atoms with E-state index < -0.39 is 27.4 Å². The van der Waals surface area contributed by atoms with Crippen molar-refractivity contribution in [3.8, 4) is 11.5 Å². The quantitative estimate of drug-likeness (QED) is 0.631. The van der Waals surface area contributed by atoms with Gasteiger partial charge in [0.1, 0.15) is 5.75 Å². The van der Waals surface area contributed by atoms with Crippen molar-refractivity contribution in [2.75, 3.05) is 11.0 Å². The highest BCUT2D eigenvalue weighted by Crippen LogP contribution is 2.31. The van der Waals surface area contributed by atoms with Gasteiger partial charge in [0.2, 0.25) is 10.0 Å². The van der Waals surface area contributed by atoms with Gasteiger partial charge in [-0.3, -0.25) is 4.72 Å². The van der Waals surface area contributed by atoms with E-state index in [0.717, 1.165) is 38.0 Å². The third kappa shape index (κ3) is 6.12. The average Bonchev–Trinajstić information content (AvgIpc) is 2.65. The van der Waals surface area contributed by atoms with E-state index in [-0.39, 0.29) is 30.1 Å². The highest BCUT2D eigenvalue weighted by atomic mass is 32.2. The van der Waals surface area contributed by atoms with Crippen LogP contribution in [0, 0.1) is 11.6 Å². The van der Waals surface area contributed by atoms with Crippen LogP contribution in [0.2, 0.25) is 0 Å². The zero-order valence-corrected chi connectivity index (χ0v) is 16.9. The van der Waals surface area contributed by atoms with Crippen LogP contribution in [0.4, 0.5) is 14.5 Å². The summed E-state index contributed by atoms with van der Waals surface area (Å²) in [7, 11) is -3.48. The van der Waals surface area contributed by atoms with Crippen molar-refractivity contribution in [3.63, 3.8) is 0 Å². The molecule has 0 aromatic heterocycles. The van der Waals surface area contributed by atoms with Crippen LogP contribution in [-0.4, -0.2) is 26.8 Å². The second-order valence-corrected chi connectivity index (χ2v) is 9.09. The Labute approximate surface area is 169 Å². The summed E-state index contributed by atoms with van der Waals surface area (Å²) in [6.07, 6.45) is 4.71. The van der Waals surface area contributed by atoms with E-state index in [4.69, 9.17) is 10.5 Å². The summed E-state index contributed by atoms with van der Waals surface area (Å²) in [6.45, 7) is 0.248. The van der Waals surface area contributed by atoms with Crippen molar-refractivity contribution in [1.29, 1.82) is 0 Å². The van der Waals surface area contributed by atoms with Crippen LogP contribution in [0.3, 0.4) is 0 Å². The molecule has 0 amide bonds. The fourth-order valence-corrected chi connectivity index (χ4v) is 3.89. The second-order valence-electron chi connectivity index (χ2n) is 7.35.